The first-order valence-corrected chi connectivity index (χ1v) is 17.0. The number of hydrogen-bond acceptors (Lipinski definition) is 4. The molecule has 0 amide bonds. The third kappa shape index (κ3) is 11.0. The van der Waals surface area contributed by atoms with Crippen molar-refractivity contribution in [1.29, 1.82) is 0 Å². The molecular weight excluding hydrogens is 733 g/mol. The fourth-order valence-corrected chi connectivity index (χ4v) is 6.05. The fourth-order valence-electron chi connectivity index (χ4n) is 4.73. The molecule has 0 aliphatic heterocycles. The van der Waals surface area contributed by atoms with Crippen LogP contribution in [0.2, 0.25) is 30.1 Å². The lowest BCUT2D eigenvalue weighted by molar-refractivity contribution is 0.0279. The summed E-state index contributed by atoms with van der Waals surface area (Å²) in [6.45, 7) is 2.12. The highest BCUT2D eigenvalue weighted by Gasteiger charge is 2.18. The zero-order valence-electron chi connectivity index (χ0n) is 25.4. The zero-order valence-corrected chi connectivity index (χ0v) is 29.9. The molecule has 0 saturated carbocycles. The summed E-state index contributed by atoms with van der Waals surface area (Å²) in [7, 11) is 0. The second kappa shape index (κ2) is 18.1. The summed E-state index contributed by atoms with van der Waals surface area (Å²) in [5.41, 5.74) is 3.87. The lowest BCUT2D eigenvalue weighted by Gasteiger charge is -2.20. The van der Waals surface area contributed by atoms with Gasteiger partial charge in [-0.05, 0) is 59.7 Å². The standard InChI is InChI=1S/2C18H15Cl3N2O/c2*19-14-3-1-13(2-4-14)11-24-18(10-23-8-7-22-12-23)16-6-5-15(20)9-17(16)21/h2*1-9,12,18H,10-11H2. The molecule has 6 nitrogen and oxygen atoms in total. The second-order valence-corrected chi connectivity index (χ2v) is 13.3. The van der Waals surface area contributed by atoms with E-state index in [-0.39, 0.29) is 12.2 Å². The van der Waals surface area contributed by atoms with Crippen LogP contribution in [0.25, 0.3) is 0 Å². The molecule has 48 heavy (non-hydrogen) atoms. The van der Waals surface area contributed by atoms with Crippen molar-refractivity contribution in [1.82, 2.24) is 19.1 Å². The van der Waals surface area contributed by atoms with E-state index in [1.807, 2.05) is 94.3 Å². The highest BCUT2D eigenvalue weighted by Crippen LogP contribution is 2.32. The van der Waals surface area contributed by atoms with Crippen LogP contribution in [0, 0.1) is 0 Å². The molecule has 6 rings (SSSR count). The minimum Gasteiger partial charge on any atom is -0.367 e. The van der Waals surface area contributed by atoms with Crippen molar-refractivity contribution in [3.63, 3.8) is 0 Å². The van der Waals surface area contributed by atoms with Gasteiger partial charge in [0.05, 0.1) is 39.0 Å². The maximum absolute atomic E-state index is 6.36. The Morgan fingerprint density at radius 1 is 0.500 bits per heavy atom. The smallest absolute Gasteiger partial charge is 0.102 e. The van der Waals surface area contributed by atoms with Gasteiger partial charge in [-0.25, -0.2) is 9.97 Å². The van der Waals surface area contributed by atoms with Crippen LogP contribution in [-0.4, -0.2) is 19.1 Å². The number of halogens is 6. The van der Waals surface area contributed by atoms with Crippen molar-refractivity contribution in [3.05, 3.63) is 175 Å². The van der Waals surface area contributed by atoms with Crippen LogP contribution in [0.15, 0.2) is 122 Å². The predicted molar refractivity (Wildman–Crippen MR) is 195 cm³/mol. The molecule has 0 saturated heterocycles. The average molecular weight is 763 g/mol. The van der Waals surface area contributed by atoms with E-state index < -0.39 is 0 Å². The lowest BCUT2D eigenvalue weighted by atomic mass is 10.1. The van der Waals surface area contributed by atoms with Crippen molar-refractivity contribution in [3.8, 4) is 0 Å². The Morgan fingerprint density at radius 2 is 0.875 bits per heavy atom. The summed E-state index contributed by atoms with van der Waals surface area (Å²) in [4.78, 5) is 8.14. The van der Waals surface area contributed by atoms with E-state index in [9.17, 15) is 0 Å². The van der Waals surface area contributed by atoms with Crippen molar-refractivity contribution in [2.24, 2.45) is 0 Å². The highest BCUT2D eigenvalue weighted by molar-refractivity contribution is 6.35. The number of aromatic nitrogens is 4. The molecule has 4 aromatic carbocycles. The molecule has 0 aliphatic rings. The Balaban J connectivity index is 0.000000188. The maximum Gasteiger partial charge on any atom is 0.102 e. The SMILES string of the molecule is Clc1ccc(COC(Cn2ccnc2)c2ccc(Cl)cc2Cl)cc1.Clc1ccc(COC(Cn2ccnc2)c2ccc(Cl)cc2Cl)cc1. The van der Waals surface area contributed by atoms with Crippen molar-refractivity contribution >= 4 is 69.6 Å². The summed E-state index contributed by atoms with van der Waals surface area (Å²) < 4.78 is 16.2. The third-order valence-electron chi connectivity index (χ3n) is 7.22. The van der Waals surface area contributed by atoms with Gasteiger partial charge in [0.25, 0.3) is 0 Å². The molecule has 0 spiro atoms. The van der Waals surface area contributed by atoms with Crippen LogP contribution in [-0.2, 0) is 35.8 Å². The van der Waals surface area contributed by atoms with Gasteiger partial charge in [-0.3, -0.25) is 0 Å². The van der Waals surface area contributed by atoms with Crippen molar-refractivity contribution < 1.29 is 9.47 Å². The van der Waals surface area contributed by atoms with Gasteiger partial charge in [-0.15, -0.1) is 0 Å². The molecule has 0 aliphatic carbocycles. The van der Waals surface area contributed by atoms with Gasteiger partial charge < -0.3 is 18.6 Å². The summed E-state index contributed by atoms with van der Waals surface area (Å²) in [5, 5.41) is 3.78. The highest BCUT2D eigenvalue weighted by atomic mass is 35.5. The Morgan fingerprint density at radius 3 is 1.21 bits per heavy atom. The number of ether oxygens (including phenoxy) is 2. The van der Waals surface area contributed by atoms with E-state index in [4.69, 9.17) is 79.1 Å². The van der Waals surface area contributed by atoms with E-state index in [0.717, 1.165) is 22.3 Å². The van der Waals surface area contributed by atoms with E-state index in [0.29, 0.717) is 56.4 Å². The second-order valence-electron chi connectivity index (χ2n) is 10.7. The molecule has 0 radical (unpaired) electrons. The van der Waals surface area contributed by atoms with E-state index in [1.54, 1.807) is 37.2 Å². The average Bonchev–Trinajstić information content (AvgIpc) is 3.78. The van der Waals surface area contributed by atoms with Crippen LogP contribution in [0.5, 0.6) is 0 Å². The van der Waals surface area contributed by atoms with Crippen LogP contribution >= 0.6 is 69.6 Å². The normalized spacial score (nSPS) is 12.3. The van der Waals surface area contributed by atoms with Gasteiger partial charge in [0.15, 0.2) is 0 Å². The molecule has 2 heterocycles. The van der Waals surface area contributed by atoms with Gasteiger partial charge in [-0.2, -0.15) is 0 Å². The van der Waals surface area contributed by atoms with Gasteiger partial charge in [0, 0.05) is 66.1 Å². The predicted octanol–water partition coefficient (Wildman–Crippen LogP) is 11.6. The summed E-state index contributed by atoms with van der Waals surface area (Å²) in [6, 6.07) is 26.0. The number of benzene rings is 4. The van der Waals surface area contributed by atoms with Gasteiger partial charge in [0.1, 0.15) is 12.2 Å². The first-order valence-electron chi connectivity index (χ1n) is 14.8. The first kappa shape index (κ1) is 36.2. The number of nitrogens with zero attached hydrogens (tertiary/aromatic N) is 4. The van der Waals surface area contributed by atoms with E-state index >= 15 is 0 Å². The Hall–Kier alpha value is -3.04. The van der Waals surface area contributed by atoms with E-state index in [2.05, 4.69) is 9.97 Å². The van der Waals surface area contributed by atoms with Gasteiger partial charge in [-0.1, -0.05) is 106 Å². The third-order valence-corrected chi connectivity index (χ3v) is 8.85. The molecule has 0 bridgehead atoms. The maximum atomic E-state index is 6.36. The molecule has 0 fully saturated rings. The topological polar surface area (TPSA) is 54.1 Å². The van der Waals surface area contributed by atoms with Crippen LogP contribution in [0.3, 0.4) is 0 Å². The zero-order chi connectivity index (χ0) is 33.9. The quantitative estimate of drug-likeness (QED) is 0.125. The van der Waals surface area contributed by atoms with Gasteiger partial charge >= 0.3 is 0 Å². The Kier molecular flexibility index (Phi) is 13.7. The number of hydrogen-bond donors (Lipinski definition) is 0. The Labute approximate surface area is 309 Å². The molecule has 6 aromatic rings. The monoisotopic (exact) mass is 760 g/mol. The molecule has 12 heteroatoms. The molecular formula is C36H30Cl6N4O2. The summed E-state index contributed by atoms with van der Waals surface area (Å²) in [5.74, 6) is 0. The van der Waals surface area contributed by atoms with Crippen molar-refractivity contribution in [2.45, 2.75) is 38.5 Å². The number of rotatable bonds is 12. The minimum atomic E-state index is -0.223. The molecule has 2 unspecified atom stereocenters. The van der Waals surface area contributed by atoms with Crippen molar-refractivity contribution in [2.75, 3.05) is 0 Å². The molecule has 248 valence electrons. The summed E-state index contributed by atoms with van der Waals surface area (Å²) >= 11 is 36.6. The van der Waals surface area contributed by atoms with Crippen LogP contribution in [0.1, 0.15) is 34.5 Å². The molecule has 2 atom stereocenters. The fraction of sp³-hybridized carbons (Fsp3) is 0.167. The molecule has 2 aromatic heterocycles. The minimum absolute atomic E-state index is 0.223. The first-order chi connectivity index (χ1) is 23.2. The summed E-state index contributed by atoms with van der Waals surface area (Å²) in [6.07, 6.45) is 10.3. The van der Waals surface area contributed by atoms with E-state index in [1.165, 1.54) is 0 Å². The largest absolute Gasteiger partial charge is 0.367 e. The number of imidazole rings is 2. The lowest BCUT2D eigenvalue weighted by Crippen LogP contribution is -2.12. The Bertz CT molecular complexity index is 1710. The van der Waals surface area contributed by atoms with Gasteiger partial charge in [0.2, 0.25) is 0 Å². The van der Waals surface area contributed by atoms with Crippen LogP contribution < -0.4 is 0 Å². The van der Waals surface area contributed by atoms with Crippen LogP contribution in [0.4, 0.5) is 0 Å². The molecule has 0 N–H and O–H groups in total.